The van der Waals surface area contributed by atoms with Crippen molar-refractivity contribution in [1.29, 1.82) is 0 Å². The third kappa shape index (κ3) is 4.93. The highest BCUT2D eigenvalue weighted by molar-refractivity contribution is 5.92. The molecule has 3 aromatic rings. The van der Waals surface area contributed by atoms with E-state index in [1.54, 1.807) is 17.0 Å². The summed E-state index contributed by atoms with van der Waals surface area (Å²) in [6, 6.07) is 11.9. The van der Waals surface area contributed by atoms with Crippen molar-refractivity contribution in [2.45, 2.75) is 25.9 Å². The first-order valence-electron chi connectivity index (χ1n) is 11.1. The van der Waals surface area contributed by atoms with Crippen LogP contribution < -0.4 is 5.32 Å². The van der Waals surface area contributed by atoms with Crippen molar-refractivity contribution in [1.82, 2.24) is 14.4 Å². The minimum Gasteiger partial charge on any atom is -0.348 e. The van der Waals surface area contributed by atoms with Gasteiger partial charge in [-0.1, -0.05) is 19.1 Å². The van der Waals surface area contributed by atoms with Crippen molar-refractivity contribution in [3.8, 4) is 0 Å². The Hall–Kier alpha value is -3.75. The second-order valence-corrected chi connectivity index (χ2v) is 8.15. The maximum Gasteiger partial charge on any atom is 0.322 e. The monoisotopic (exact) mass is 470 g/mol. The number of anilines is 1. The molecule has 0 spiro atoms. The SMILES string of the molecule is CCCN(CC(=O)N1CCn2cccc2C1c1cccc(F)c1)C(=O)Nc1ccc(F)c(F)c1. The van der Waals surface area contributed by atoms with E-state index in [2.05, 4.69) is 5.32 Å². The fourth-order valence-electron chi connectivity index (χ4n) is 4.23. The van der Waals surface area contributed by atoms with Gasteiger partial charge in [0.15, 0.2) is 11.6 Å². The Morgan fingerprint density at radius 3 is 2.59 bits per heavy atom. The van der Waals surface area contributed by atoms with Gasteiger partial charge in [-0.05, 0) is 48.4 Å². The predicted molar refractivity (Wildman–Crippen MR) is 122 cm³/mol. The summed E-state index contributed by atoms with van der Waals surface area (Å²) < 4.78 is 42.8. The summed E-state index contributed by atoms with van der Waals surface area (Å²) in [4.78, 5) is 29.3. The quantitative estimate of drug-likeness (QED) is 0.564. The summed E-state index contributed by atoms with van der Waals surface area (Å²) in [7, 11) is 0. The maximum absolute atomic E-state index is 14.0. The van der Waals surface area contributed by atoms with Gasteiger partial charge in [0.2, 0.25) is 5.91 Å². The minimum absolute atomic E-state index is 0.0888. The number of carbonyl (C=O) groups excluding carboxylic acids is 2. The highest BCUT2D eigenvalue weighted by atomic mass is 19.2. The van der Waals surface area contributed by atoms with E-state index < -0.39 is 29.5 Å². The second kappa shape index (κ2) is 10.0. The molecule has 2 heterocycles. The van der Waals surface area contributed by atoms with Gasteiger partial charge in [-0.3, -0.25) is 4.79 Å². The van der Waals surface area contributed by atoms with E-state index in [1.165, 1.54) is 23.1 Å². The van der Waals surface area contributed by atoms with Gasteiger partial charge < -0.3 is 19.7 Å². The summed E-state index contributed by atoms with van der Waals surface area (Å²) in [6.07, 6.45) is 2.51. The molecular weight excluding hydrogens is 445 g/mol. The number of nitrogens with zero attached hydrogens (tertiary/aromatic N) is 3. The molecule has 0 fully saturated rings. The number of hydrogen-bond acceptors (Lipinski definition) is 2. The van der Waals surface area contributed by atoms with Gasteiger partial charge in [0.05, 0.1) is 6.04 Å². The summed E-state index contributed by atoms with van der Waals surface area (Å²) in [5.41, 5.74) is 1.59. The number of rotatable bonds is 6. The molecule has 2 aromatic carbocycles. The zero-order chi connectivity index (χ0) is 24.2. The van der Waals surface area contributed by atoms with E-state index in [4.69, 9.17) is 0 Å². The van der Waals surface area contributed by atoms with Crippen molar-refractivity contribution < 1.29 is 22.8 Å². The van der Waals surface area contributed by atoms with Crippen LogP contribution in [0.25, 0.3) is 0 Å². The molecule has 0 saturated heterocycles. The Bertz CT molecular complexity index is 1200. The van der Waals surface area contributed by atoms with Crippen molar-refractivity contribution in [3.63, 3.8) is 0 Å². The van der Waals surface area contributed by atoms with E-state index in [1.807, 2.05) is 29.8 Å². The first-order chi connectivity index (χ1) is 16.4. The normalized spacial score (nSPS) is 15.1. The number of benzene rings is 2. The molecule has 9 heteroatoms. The maximum atomic E-state index is 14.0. The molecule has 1 aliphatic rings. The van der Waals surface area contributed by atoms with Crippen LogP contribution in [0.5, 0.6) is 0 Å². The van der Waals surface area contributed by atoms with Crippen LogP contribution in [0.3, 0.4) is 0 Å². The van der Waals surface area contributed by atoms with Crippen LogP contribution >= 0.6 is 0 Å². The standard InChI is InChI=1S/C25H25F3N4O2/c1-2-10-31(25(34)29-19-8-9-20(27)21(28)15-19)16-23(33)32-13-12-30-11-4-7-22(30)24(32)17-5-3-6-18(26)14-17/h3-9,11,14-15,24H,2,10,12-13,16H2,1H3,(H,29,34). The van der Waals surface area contributed by atoms with Gasteiger partial charge in [-0.15, -0.1) is 0 Å². The lowest BCUT2D eigenvalue weighted by molar-refractivity contribution is -0.134. The van der Waals surface area contributed by atoms with Crippen molar-refractivity contribution in [3.05, 3.63) is 89.5 Å². The first-order valence-corrected chi connectivity index (χ1v) is 11.1. The van der Waals surface area contributed by atoms with Crippen LogP contribution in [-0.2, 0) is 11.3 Å². The molecule has 1 N–H and O–H groups in total. The zero-order valence-electron chi connectivity index (χ0n) is 18.7. The Labute approximate surface area is 195 Å². The Morgan fingerprint density at radius 2 is 1.85 bits per heavy atom. The number of urea groups is 1. The molecule has 1 aliphatic heterocycles. The fraction of sp³-hybridized carbons (Fsp3) is 0.280. The number of carbonyl (C=O) groups is 2. The van der Waals surface area contributed by atoms with E-state index >= 15 is 0 Å². The first kappa shape index (κ1) is 23.4. The summed E-state index contributed by atoms with van der Waals surface area (Å²) in [6.45, 7) is 2.92. The molecule has 178 valence electrons. The highest BCUT2D eigenvalue weighted by Gasteiger charge is 2.33. The summed E-state index contributed by atoms with van der Waals surface area (Å²) in [5.74, 6) is -2.79. The smallest absolute Gasteiger partial charge is 0.322 e. The highest BCUT2D eigenvalue weighted by Crippen LogP contribution is 2.33. The van der Waals surface area contributed by atoms with E-state index in [9.17, 15) is 22.8 Å². The van der Waals surface area contributed by atoms with Crippen molar-refractivity contribution >= 4 is 17.6 Å². The molecule has 0 radical (unpaired) electrons. The molecule has 1 atom stereocenters. The van der Waals surface area contributed by atoms with Crippen LogP contribution in [-0.4, -0.2) is 45.9 Å². The number of aromatic nitrogens is 1. The van der Waals surface area contributed by atoms with E-state index in [0.29, 0.717) is 25.1 Å². The largest absolute Gasteiger partial charge is 0.348 e. The lowest BCUT2D eigenvalue weighted by atomic mass is 9.99. The Morgan fingerprint density at radius 1 is 1.03 bits per heavy atom. The molecule has 4 rings (SSSR count). The van der Waals surface area contributed by atoms with Crippen LogP contribution in [0, 0.1) is 17.5 Å². The average molecular weight is 470 g/mol. The average Bonchev–Trinajstić information content (AvgIpc) is 3.29. The number of fused-ring (bicyclic) bond motifs is 1. The molecule has 34 heavy (non-hydrogen) atoms. The molecule has 6 nitrogen and oxygen atoms in total. The number of hydrogen-bond donors (Lipinski definition) is 1. The van der Waals surface area contributed by atoms with Gasteiger partial charge in [0, 0.05) is 43.3 Å². The number of amides is 3. The number of nitrogens with one attached hydrogen (secondary N) is 1. The predicted octanol–water partition coefficient (Wildman–Crippen LogP) is 4.78. The van der Waals surface area contributed by atoms with Gasteiger partial charge in [0.1, 0.15) is 12.4 Å². The van der Waals surface area contributed by atoms with Crippen LogP contribution in [0.2, 0.25) is 0 Å². The third-order valence-electron chi connectivity index (χ3n) is 5.80. The molecule has 3 amide bonds. The van der Waals surface area contributed by atoms with Gasteiger partial charge >= 0.3 is 6.03 Å². The molecular formula is C25H25F3N4O2. The summed E-state index contributed by atoms with van der Waals surface area (Å²) >= 11 is 0. The fourth-order valence-corrected chi connectivity index (χ4v) is 4.23. The van der Waals surface area contributed by atoms with Crippen LogP contribution in [0.4, 0.5) is 23.7 Å². The van der Waals surface area contributed by atoms with Gasteiger partial charge in [0.25, 0.3) is 0 Å². The van der Waals surface area contributed by atoms with Gasteiger partial charge in [-0.25, -0.2) is 18.0 Å². The molecule has 1 unspecified atom stereocenters. The summed E-state index contributed by atoms with van der Waals surface area (Å²) in [5, 5.41) is 2.52. The number of halogens is 3. The molecule has 0 bridgehead atoms. The Kier molecular flexibility index (Phi) is 6.90. The second-order valence-electron chi connectivity index (χ2n) is 8.15. The van der Waals surface area contributed by atoms with Crippen molar-refractivity contribution in [2.75, 3.05) is 25.0 Å². The van der Waals surface area contributed by atoms with E-state index in [0.717, 1.165) is 17.8 Å². The molecule has 0 saturated carbocycles. The lowest BCUT2D eigenvalue weighted by Crippen LogP contribution is -2.48. The van der Waals surface area contributed by atoms with E-state index in [-0.39, 0.29) is 24.7 Å². The topological polar surface area (TPSA) is 57.6 Å². The Balaban J connectivity index is 1.55. The lowest BCUT2D eigenvalue weighted by Gasteiger charge is -2.38. The van der Waals surface area contributed by atoms with Crippen LogP contribution in [0.15, 0.2) is 60.8 Å². The van der Waals surface area contributed by atoms with Crippen molar-refractivity contribution in [2.24, 2.45) is 0 Å². The third-order valence-corrected chi connectivity index (χ3v) is 5.80. The molecule has 1 aromatic heterocycles. The van der Waals surface area contributed by atoms with Crippen LogP contribution in [0.1, 0.15) is 30.6 Å². The minimum atomic E-state index is -1.08. The van der Waals surface area contributed by atoms with Gasteiger partial charge in [-0.2, -0.15) is 0 Å². The molecule has 0 aliphatic carbocycles. The zero-order valence-corrected chi connectivity index (χ0v) is 18.7.